The Morgan fingerprint density at radius 2 is 1.66 bits per heavy atom. The summed E-state index contributed by atoms with van der Waals surface area (Å²) >= 11 is 0. The summed E-state index contributed by atoms with van der Waals surface area (Å²) in [5.74, 6) is 2.63. The number of nitrogens with zero attached hydrogens (tertiary/aromatic N) is 1. The molecule has 32 heavy (non-hydrogen) atoms. The Labute approximate surface area is 182 Å². The van der Waals surface area contributed by atoms with Gasteiger partial charge in [-0.1, -0.05) is 0 Å². The number of benzene rings is 1. The average Bonchev–Trinajstić information content (AvgIpc) is 3.10. The quantitative estimate of drug-likeness (QED) is 0.109. The van der Waals surface area contributed by atoms with Gasteiger partial charge in [0.1, 0.15) is 0 Å². The first kappa shape index (κ1) is 23.9. The number of hydrogen-bond donors (Lipinski definition) is 6. The van der Waals surface area contributed by atoms with Crippen LogP contribution in [0.15, 0.2) is 48.5 Å². The Kier molecular flexibility index (Phi) is 8.74. The molecule has 0 unspecified atom stereocenters. The number of carboxylic acid groups (broad SMARTS) is 1. The molecule has 1 aliphatic rings. The zero-order valence-electron chi connectivity index (χ0n) is 16.8. The van der Waals surface area contributed by atoms with Gasteiger partial charge in [-0.3, -0.25) is 24.6 Å². The molecule has 1 aliphatic heterocycles. The van der Waals surface area contributed by atoms with Gasteiger partial charge in [-0.25, -0.2) is 9.59 Å². The molecule has 0 aliphatic carbocycles. The summed E-state index contributed by atoms with van der Waals surface area (Å²) in [5, 5.41) is 19.0. The fraction of sp³-hybridized carbons (Fsp3) is 0.211. The minimum Gasteiger partial charge on any atom is -0.478 e. The molecule has 1 heterocycles. The molecule has 0 fully saturated rings. The van der Waals surface area contributed by atoms with Gasteiger partial charge in [0, 0.05) is 43.9 Å². The van der Waals surface area contributed by atoms with Crippen molar-refractivity contribution in [1.82, 2.24) is 20.9 Å². The van der Waals surface area contributed by atoms with E-state index in [0.717, 1.165) is 17.1 Å². The molecule has 2 rings (SSSR count). The lowest BCUT2D eigenvalue weighted by Crippen LogP contribution is -2.41. The van der Waals surface area contributed by atoms with Gasteiger partial charge in [0.05, 0.1) is 11.8 Å². The van der Waals surface area contributed by atoms with E-state index < -0.39 is 23.8 Å². The third-order valence-corrected chi connectivity index (χ3v) is 4.06. The van der Waals surface area contributed by atoms with E-state index in [0.29, 0.717) is 5.69 Å². The number of urea groups is 1. The lowest BCUT2D eigenvalue weighted by Gasteiger charge is -2.13. The monoisotopic (exact) mass is 446 g/mol. The van der Waals surface area contributed by atoms with Crippen molar-refractivity contribution in [3.63, 3.8) is 0 Å². The highest BCUT2D eigenvalue weighted by Crippen LogP contribution is 2.10. The number of anilines is 1. The van der Waals surface area contributed by atoms with Crippen LogP contribution in [-0.4, -0.2) is 59.4 Å². The highest BCUT2D eigenvalue weighted by atomic mass is 16.6. The van der Waals surface area contributed by atoms with Crippen LogP contribution in [0.25, 0.3) is 0 Å². The van der Waals surface area contributed by atoms with Crippen LogP contribution >= 0.6 is 0 Å². The van der Waals surface area contributed by atoms with E-state index in [1.165, 1.54) is 30.5 Å². The number of carbonyl (C=O) groups excluding carboxylic acids is 4. The van der Waals surface area contributed by atoms with Crippen LogP contribution in [-0.2, 0) is 19.2 Å². The van der Waals surface area contributed by atoms with Gasteiger partial charge in [-0.05, 0) is 24.3 Å². The minimum atomic E-state index is -1.05. The van der Waals surface area contributed by atoms with E-state index >= 15 is 0 Å². The van der Waals surface area contributed by atoms with Crippen LogP contribution < -0.4 is 27.2 Å². The van der Waals surface area contributed by atoms with Gasteiger partial charge in [0.2, 0.25) is 11.8 Å². The fourth-order valence-corrected chi connectivity index (χ4v) is 2.44. The molecule has 0 aromatic heterocycles. The molecular weight excluding hydrogens is 424 g/mol. The van der Waals surface area contributed by atoms with Crippen molar-refractivity contribution in [3.8, 4) is 0 Å². The number of rotatable bonds is 11. The van der Waals surface area contributed by atoms with Crippen molar-refractivity contribution in [3.05, 3.63) is 54.1 Å². The molecule has 0 spiro atoms. The highest BCUT2D eigenvalue weighted by Gasteiger charge is 2.23. The van der Waals surface area contributed by atoms with Gasteiger partial charge in [-0.2, -0.15) is 5.90 Å². The van der Waals surface area contributed by atoms with Crippen molar-refractivity contribution in [2.24, 2.45) is 5.90 Å². The Morgan fingerprint density at radius 1 is 1.03 bits per heavy atom. The number of nitrogens with one attached hydrogen (secondary N) is 4. The summed E-state index contributed by atoms with van der Waals surface area (Å²) in [6.07, 6.45) is 3.48. The standard InChI is InChI=1S/C19H22N6O7/c20-32-15(11-23-13-3-1-12(2-4-13)18(29)30)24-19(31)22-9-8-21-14(26)7-10-25-16(27)5-6-17(25)28/h1-6,11,23H,7-10,20H2,(H,21,26)(H,29,30)(H2,22,24,31)/b15-11-. The first-order valence-electron chi connectivity index (χ1n) is 9.32. The van der Waals surface area contributed by atoms with Crippen LogP contribution in [0, 0.1) is 0 Å². The van der Waals surface area contributed by atoms with Crippen LogP contribution in [0.4, 0.5) is 10.5 Å². The van der Waals surface area contributed by atoms with E-state index in [1.54, 1.807) is 0 Å². The summed E-state index contributed by atoms with van der Waals surface area (Å²) in [7, 11) is 0. The van der Waals surface area contributed by atoms with Crippen LogP contribution in [0.1, 0.15) is 16.8 Å². The summed E-state index contributed by atoms with van der Waals surface area (Å²) in [6.45, 7) is 0.171. The lowest BCUT2D eigenvalue weighted by molar-refractivity contribution is -0.137. The SMILES string of the molecule is NO/C(=C\Nc1ccc(C(=O)O)cc1)NC(=O)NCCNC(=O)CCN1C(=O)C=CC1=O. The normalized spacial score (nSPS) is 13.0. The maximum atomic E-state index is 11.9. The lowest BCUT2D eigenvalue weighted by atomic mass is 10.2. The largest absolute Gasteiger partial charge is 0.478 e. The van der Waals surface area contributed by atoms with Crippen LogP contribution in [0.5, 0.6) is 0 Å². The molecule has 170 valence electrons. The topological polar surface area (TPSA) is 192 Å². The third-order valence-electron chi connectivity index (χ3n) is 4.06. The van der Waals surface area contributed by atoms with Crippen LogP contribution in [0.2, 0.25) is 0 Å². The van der Waals surface area contributed by atoms with E-state index in [2.05, 4.69) is 26.1 Å². The molecule has 0 atom stereocenters. The Bertz CT molecular complexity index is 924. The van der Waals surface area contributed by atoms with Gasteiger partial charge in [0.25, 0.3) is 11.8 Å². The molecule has 7 N–H and O–H groups in total. The first-order chi connectivity index (χ1) is 15.3. The summed E-state index contributed by atoms with van der Waals surface area (Å²) in [4.78, 5) is 62.7. The molecule has 13 nitrogen and oxygen atoms in total. The van der Waals surface area contributed by atoms with Crippen LogP contribution in [0.3, 0.4) is 0 Å². The second-order valence-electron chi connectivity index (χ2n) is 6.30. The second-order valence-corrected chi connectivity index (χ2v) is 6.30. The first-order valence-corrected chi connectivity index (χ1v) is 9.32. The van der Waals surface area contributed by atoms with E-state index in [4.69, 9.17) is 11.0 Å². The zero-order valence-corrected chi connectivity index (χ0v) is 16.8. The maximum Gasteiger partial charge on any atom is 0.335 e. The maximum absolute atomic E-state index is 11.9. The molecule has 1 aromatic rings. The second kappa shape index (κ2) is 11.7. The van der Waals surface area contributed by atoms with Crippen molar-refractivity contribution < 1.29 is 33.9 Å². The van der Waals surface area contributed by atoms with Gasteiger partial charge in [0.15, 0.2) is 0 Å². The molecule has 0 saturated heterocycles. The van der Waals surface area contributed by atoms with Gasteiger partial charge in [-0.15, -0.1) is 0 Å². The van der Waals surface area contributed by atoms with Gasteiger partial charge < -0.3 is 25.9 Å². The smallest absolute Gasteiger partial charge is 0.335 e. The molecular formula is C19H22N6O7. The van der Waals surface area contributed by atoms with E-state index in [-0.39, 0.29) is 43.4 Å². The predicted molar refractivity (Wildman–Crippen MR) is 110 cm³/mol. The summed E-state index contributed by atoms with van der Waals surface area (Å²) in [6, 6.07) is 5.17. The van der Waals surface area contributed by atoms with E-state index in [9.17, 15) is 24.0 Å². The Balaban J connectivity index is 1.65. The summed E-state index contributed by atoms with van der Waals surface area (Å²) < 4.78 is 0. The number of nitrogens with two attached hydrogens (primary N) is 1. The number of carbonyl (C=O) groups is 5. The predicted octanol–water partition coefficient (Wildman–Crippen LogP) is -0.784. The Morgan fingerprint density at radius 3 is 2.25 bits per heavy atom. The molecule has 0 radical (unpaired) electrons. The van der Waals surface area contributed by atoms with Crippen molar-refractivity contribution in [2.75, 3.05) is 25.0 Å². The fourth-order valence-electron chi connectivity index (χ4n) is 2.44. The number of hydrogen-bond acceptors (Lipinski definition) is 8. The molecule has 5 amide bonds. The van der Waals surface area contributed by atoms with Crippen molar-refractivity contribution in [1.29, 1.82) is 0 Å². The van der Waals surface area contributed by atoms with Crippen molar-refractivity contribution in [2.45, 2.75) is 6.42 Å². The summed E-state index contributed by atoms with van der Waals surface area (Å²) in [5.41, 5.74) is 0.650. The molecule has 13 heteroatoms. The van der Waals surface area contributed by atoms with E-state index in [1.807, 2.05) is 0 Å². The molecule has 1 aromatic carbocycles. The Hall–Kier alpha value is -4.39. The number of carboxylic acids is 1. The minimum absolute atomic E-state index is 0.0293. The van der Waals surface area contributed by atoms with Crippen molar-refractivity contribution >= 4 is 35.4 Å². The third kappa shape index (κ3) is 7.46. The molecule has 0 bridgehead atoms. The number of imide groups is 1. The number of aromatic carboxylic acids is 1. The average molecular weight is 446 g/mol. The molecule has 0 saturated carbocycles. The highest BCUT2D eigenvalue weighted by molar-refractivity contribution is 6.13. The van der Waals surface area contributed by atoms with Gasteiger partial charge >= 0.3 is 12.0 Å². The number of amides is 5. The zero-order chi connectivity index (χ0) is 23.5.